The van der Waals surface area contributed by atoms with Crippen molar-refractivity contribution < 1.29 is 53.7 Å². The van der Waals surface area contributed by atoms with Crippen LogP contribution in [-0.4, -0.2) is 76.0 Å². The number of methoxy groups -OCH3 is 1. The van der Waals surface area contributed by atoms with Crippen LogP contribution >= 0.6 is 0 Å². The van der Waals surface area contributed by atoms with Crippen LogP contribution in [0.15, 0.2) is 36.0 Å². The number of aliphatic hydroxyl groups is 3. The van der Waals surface area contributed by atoms with Gasteiger partial charge in [0.25, 0.3) is 5.91 Å². The van der Waals surface area contributed by atoms with Crippen molar-refractivity contribution in [3.63, 3.8) is 0 Å². The molecule has 0 bridgehead atoms. The Hall–Kier alpha value is -4.04. The van der Waals surface area contributed by atoms with E-state index in [2.05, 4.69) is 19.2 Å². The molecule has 2 aliphatic heterocycles. The Morgan fingerprint density at radius 3 is 2.48 bits per heavy atom. The van der Waals surface area contributed by atoms with E-state index in [0.717, 1.165) is 6.42 Å². The smallest absolute Gasteiger partial charge is 0.404 e. The van der Waals surface area contributed by atoms with E-state index in [9.17, 15) is 30.0 Å². The van der Waals surface area contributed by atoms with Crippen LogP contribution in [0.2, 0.25) is 0 Å². The molecule has 0 radical (unpaired) electrons. The normalized spacial score (nSPS) is 24.3. The highest BCUT2D eigenvalue weighted by Gasteiger charge is 2.53. The molecule has 7 N–H and O–H groups in total. The van der Waals surface area contributed by atoms with Gasteiger partial charge in [-0.15, -0.1) is 0 Å². The molecule has 1 saturated heterocycles. The van der Waals surface area contributed by atoms with E-state index < -0.39 is 54.3 Å². The van der Waals surface area contributed by atoms with Gasteiger partial charge in [0.2, 0.25) is 12.6 Å². The summed E-state index contributed by atoms with van der Waals surface area (Å²) in [5.74, 6) is -0.322. The molecule has 2 amide bonds. The summed E-state index contributed by atoms with van der Waals surface area (Å²) in [5, 5.41) is 45.5. The molecule has 4 rings (SSSR count). The lowest BCUT2D eigenvalue weighted by Gasteiger charge is -2.47. The molecular weight excluding hydrogens is 576 g/mol. The van der Waals surface area contributed by atoms with Crippen molar-refractivity contribution in [2.24, 2.45) is 11.7 Å². The summed E-state index contributed by atoms with van der Waals surface area (Å²) < 4.78 is 28.2. The average Bonchev–Trinajstić information content (AvgIpc) is 2.94. The third-order valence-electron chi connectivity index (χ3n) is 7.69. The van der Waals surface area contributed by atoms with E-state index >= 15 is 0 Å². The van der Waals surface area contributed by atoms with Crippen LogP contribution in [-0.2, 0) is 20.6 Å². The highest BCUT2D eigenvalue weighted by molar-refractivity contribution is 5.96. The monoisotopic (exact) mass is 616 g/mol. The molecule has 2 aromatic carbocycles. The zero-order valence-electron chi connectivity index (χ0n) is 25.5. The van der Waals surface area contributed by atoms with Crippen LogP contribution in [0.3, 0.4) is 0 Å². The predicted molar refractivity (Wildman–Crippen MR) is 157 cm³/mol. The second-order valence-corrected chi connectivity index (χ2v) is 11.8. The molecule has 240 valence electrons. The SMILES string of the molecule is CO[C@@H]1[C@@H](OC(N)=O)[C@@H](O)[C@@H](Oc2ccc3c(c2C)OC(O)C(NC(=O)c2ccc(O)c(CCC(C)C)c2)=C3O)OC1(C)C. The first-order valence-corrected chi connectivity index (χ1v) is 14.2. The molecule has 13 nitrogen and oxygen atoms in total. The van der Waals surface area contributed by atoms with Gasteiger partial charge < -0.3 is 55.2 Å². The third-order valence-corrected chi connectivity index (χ3v) is 7.69. The van der Waals surface area contributed by atoms with Crippen molar-refractivity contribution in [1.29, 1.82) is 0 Å². The molecular formula is C31H40N2O11. The van der Waals surface area contributed by atoms with Gasteiger partial charge in [-0.2, -0.15) is 0 Å². The number of hydrogen-bond acceptors (Lipinski definition) is 11. The molecule has 2 heterocycles. The lowest BCUT2D eigenvalue weighted by Crippen LogP contribution is -2.65. The number of nitrogens with one attached hydrogen (secondary N) is 1. The Bertz CT molecular complexity index is 1440. The second-order valence-electron chi connectivity index (χ2n) is 11.8. The number of aliphatic hydroxyl groups excluding tert-OH is 3. The second kappa shape index (κ2) is 12.9. The minimum Gasteiger partial charge on any atom is -0.508 e. The highest BCUT2D eigenvalue weighted by atomic mass is 16.7. The zero-order valence-corrected chi connectivity index (χ0v) is 25.5. The maximum Gasteiger partial charge on any atom is 0.404 e. The first-order chi connectivity index (χ1) is 20.6. The molecule has 2 aromatic rings. The summed E-state index contributed by atoms with van der Waals surface area (Å²) in [4.78, 5) is 24.6. The number of amides is 2. The van der Waals surface area contributed by atoms with Crippen molar-refractivity contribution in [3.05, 3.63) is 58.3 Å². The Balaban J connectivity index is 1.57. The molecule has 13 heteroatoms. The largest absolute Gasteiger partial charge is 0.508 e. The van der Waals surface area contributed by atoms with Gasteiger partial charge in [0, 0.05) is 18.2 Å². The molecule has 1 unspecified atom stereocenters. The molecule has 5 atom stereocenters. The number of hydrogen-bond donors (Lipinski definition) is 6. The molecule has 0 aromatic heterocycles. The van der Waals surface area contributed by atoms with Crippen LogP contribution in [0.25, 0.3) is 5.76 Å². The van der Waals surface area contributed by atoms with Gasteiger partial charge in [0.15, 0.2) is 18.0 Å². The van der Waals surface area contributed by atoms with Crippen molar-refractivity contribution in [1.82, 2.24) is 5.32 Å². The van der Waals surface area contributed by atoms with E-state index in [0.29, 0.717) is 23.5 Å². The van der Waals surface area contributed by atoms with Gasteiger partial charge in [-0.05, 0) is 75.4 Å². The molecule has 0 spiro atoms. The number of phenolic OH excluding ortho intramolecular Hbond substituents is 1. The van der Waals surface area contributed by atoms with E-state index in [1.165, 1.54) is 31.4 Å². The van der Waals surface area contributed by atoms with Crippen molar-refractivity contribution >= 4 is 17.8 Å². The van der Waals surface area contributed by atoms with Gasteiger partial charge in [0.1, 0.15) is 29.0 Å². The van der Waals surface area contributed by atoms with E-state index in [4.69, 9.17) is 29.4 Å². The van der Waals surface area contributed by atoms with Crippen LogP contribution in [0.4, 0.5) is 4.79 Å². The Morgan fingerprint density at radius 1 is 1.14 bits per heavy atom. The van der Waals surface area contributed by atoms with Crippen molar-refractivity contribution in [2.75, 3.05) is 7.11 Å². The number of phenols is 1. The first kappa shape index (κ1) is 32.9. The number of fused-ring (bicyclic) bond motifs is 1. The zero-order chi connectivity index (χ0) is 32.5. The summed E-state index contributed by atoms with van der Waals surface area (Å²) in [5.41, 5.74) is 5.20. The fourth-order valence-electron chi connectivity index (χ4n) is 5.33. The van der Waals surface area contributed by atoms with E-state index in [1.807, 2.05) is 0 Å². The Morgan fingerprint density at radius 2 is 1.84 bits per heavy atom. The predicted octanol–water partition coefficient (Wildman–Crippen LogP) is 3.01. The molecule has 0 saturated carbocycles. The Kier molecular flexibility index (Phi) is 9.64. The average molecular weight is 617 g/mol. The third kappa shape index (κ3) is 6.70. The summed E-state index contributed by atoms with van der Waals surface area (Å²) in [6, 6.07) is 7.38. The van der Waals surface area contributed by atoms with E-state index in [-0.39, 0.29) is 34.1 Å². The number of nitrogens with two attached hydrogens (primary N) is 1. The minimum absolute atomic E-state index is 0.0652. The first-order valence-electron chi connectivity index (χ1n) is 14.2. The van der Waals surface area contributed by atoms with Crippen LogP contribution in [0.1, 0.15) is 61.2 Å². The fourth-order valence-corrected chi connectivity index (χ4v) is 5.33. The van der Waals surface area contributed by atoms with Crippen molar-refractivity contribution in [3.8, 4) is 17.2 Å². The molecule has 44 heavy (non-hydrogen) atoms. The van der Waals surface area contributed by atoms with Crippen LogP contribution in [0, 0.1) is 12.8 Å². The highest BCUT2D eigenvalue weighted by Crippen LogP contribution is 2.41. The van der Waals surface area contributed by atoms with Gasteiger partial charge in [-0.1, -0.05) is 13.8 Å². The maximum absolute atomic E-state index is 13.1. The number of carbonyl (C=O) groups is 2. The summed E-state index contributed by atoms with van der Waals surface area (Å²) in [6.07, 6.45) is -6.36. The number of carbonyl (C=O) groups excluding carboxylic acids is 2. The number of aromatic hydroxyl groups is 1. The summed E-state index contributed by atoms with van der Waals surface area (Å²) in [7, 11) is 1.38. The molecule has 1 fully saturated rings. The number of aryl methyl sites for hydroxylation is 1. The number of benzene rings is 2. The lowest BCUT2D eigenvalue weighted by molar-refractivity contribution is -0.304. The standard InChI is InChI=1S/C31H40N2O11/c1-14(2)7-8-16-13-17(9-11-19(16)34)27(37)33-21-22(35)18-10-12-20(15(3)24(18)42-28(21)38)41-29-23(36)25(43-30(32)39)26(40-6)31(4,5)44-29/h9-14,23,25-26,28-29,34-36,38H,7-8H2,1-6H3,(H2,32,39)(H,33,37)/t23-,25+,26-,28?,29+/m1/s1. The fraction of sp³-hybridized carbons (Fsp3) is 0.484. The maximum atomic E-state index is 13.1. The van der Waals surface area contributed by atoms with Gasteiger partial charge in [-0.25, -0.2) is 4.79 Å². The summed E-state index contributed by atoms with van der Waals surface area (Å²) in [6.45, 7) is 9.06. The van der Waals surface area contributed by atoms with Gasteiger partial charge in [-0.3, -0.25) is 4.79 Å². The summed E-state index contributed by atoms with van der Waals surface area (Å²) >= 11 is 0. The van der Waals surface area contributed by atoms with Crippen LogP contribution in [0.5, 0.6) is 17.2 Å². The number of primary amides is 1. The number of ether oxygens (including phenoxy) is 5. The molecule has 2 aliphatic rings. The lowest BCUT2D eigenvalue weighted by atomic mass is 9.89. The number of rotatable bonds is 9. The quantitative estimate of drug-likeness (QED) is 0.242. The topological polar surface area (TPSA) is 199 Å². The minimum atomic E-state index is -1.75. The van der Waals surface area contributed by atoms with E-state index in [1.54, 1.807) is 26.8 Å². The Labute approximate surface area is 255 Å². The van der Waals surface area contributed by atoms with Gasteiger partial charge >= 0.3 is 6.09 Å². The van der Waals surface area contributed by atoms with Gasteiger partial charge in [0.05, 0.1) is 11.2 Å². The van der Waals surface area contributed by atoms with Crippen LogP contribution < -0.4 is 20.5 Å². The van der Waals surface area contributed by atoms with Crippen molar-refractivity contribution in [2.45, 2.75) is 84.0 Å². The molecule has 0 aliphatic carbocycles.